The van der Waals surface area contributed by atoms with Gasteiger partial charge in [-0.25, -0.2) is 13.4 Å². The van der Waals surface area contributed by atoms with Crippen LogP contribution in [0.5, 0.6) is 11.5 Å². The van der Waals surface area contributed by atoms with Crippen molar-refractivity contribution in [2.45, 2.75) is 4.90 Å². The number of fused-ring (bicyclic) bond motifs is 2. The fraction of sp³-hybridized carbons (Fsp3) is 0.0909. The molecule has 1 aliphatic rings. The first-order valence-corrected chi connectivity index (χ1v) is 12.0. The average molecular weight is 468 g/mol. The molecule has 1 amide bonds. The zero-order valence-corrected chi connectivity index (χ0v) is 18.2. The molecule has 0 bridgehead atoms. The van der Waals surface area contributed by atoms with Crippen molar-refractivity contribution in [3.05, 3.63) is 72.3 Å². The Morgan fingerprint density at radius 3 is 2.34 bits per heavy atom. The second kappa shape index (κ2) is 8.13. The number of amides is 1. The fourth-order valence-electron chi connectivity index (χ4n) is 3.19. The summed E-state index contributed by atoms with van der Waals surface area (Å²) in [6.45, 7) is 0.988. The van der Waals surface area contributed by atoms with Gasteiger partial charge in [0.15, 0.2) is 16.6 Å². The van der Waals surface area contributed by atoms with Gasteiger partial charge in [-0.3, -0.25) is 14.8 Å². The molecule has 0 unspecified atom stereocenters. The molecular formula is C22H17N3O5S2. The summed E-state index contributed by atoms with van der Waals surface area (Å²) >= 11 is 1.33. The van der Waals surface area contributed by atoms with Crippen LogP contribution in [0.1, 0.15) is 10.4 Å². The van der Waals surface area contributed by atoms with Gasteiger partial charge in [-0.05, 0) is 36.4 Å². The van der Waals surface area contributed by atoms with Gasteiger partial charge in [0.05, 0.1) is 15.1 Å². The van der Waals surface area contributed by atoms with Crippen molar-refractivity contribution >= 4 is 48.3 Å². The van der Waals surface area contributed by atoms with Crippen LogP contribution in [0.15, 0.2) is 71.6 Å². The summed E-state index contributed by atoms with van der Waals surface area (Å²) in [6.07, 6.45) is 0. The molecule has 0 atom stereocenters. The van der Waals surface area contributed by atoms with E-state index in [1.165, 1.54) is 35.6 Å². The van der Waals surface area contributed by atoms with Crippen LogP contribution in [0.3, 0.4) is 0 Å². The Hall–Kier alpha value is -3.63. The topological polar surface area (TPSA) is 107 Å². The Morgan fingerprint density at radius 2 is 1.62 bits per heavy atom. The summed E-state index contributed by atoms with van der Waals surface area (Å²) in [6, 6.07) is 17.9. The summed E-state index contributed by atoms with van der Waals surface area (Å²) in [7, 11) is -3.70. The number of nitrogens with zero attached hydrogens (tertiary/aromatic N) is 1. The maximum atomic E-state index is 12.6. The number of sulfonamides is 1. The Morgan fingerprint density at radius 1 is 0.938 bits per heavy atom. The molecule has 0 saturated heterocycles. The van der Waals surface area contributed by atoms with Crippen molar-refractivity contribution in [3.8, 4) is 11.5 Å². The van der Waals surface area contributed by atoms with Crippen molar-refractivity contribution in [1.82, 2.24) is 4.98 Å². The van der Waals surface area contributed by atoms with E-state index in [0.29, 0.717) is 46.6 Å². The number of rotatable bonds is 5. The van der Waals surface area contributed by atoms with Gasteiger partial charge in [0.2, 0.25) is 0 Å². The molecule has 3 aromatic carbocycles. The number of anilines is 2. The third-order valence-corrected chi connectivity index (χ3v) is 7.06. The van der Waals surface area contributed by atoms with Crippen molar-refractivity contribution in [2.75, 3.05) is 23.3 Å². The molecule has 1 aromatic heterocycles. The third-order valence-electron chi connectivity index (χ3n) is 4.73. The number of aromatic nitrogens is 1. The summed E-state index contributed by atoms with van der Waals surface area (Å²) in [4.78, 5) is 17.2. The maximum Gasteiger partial charge on any atom is 0.261 e. The Kier molecular flexibility index (Phi) is 5.16. The van der Waals surface area contributed by atoms with E-state index >= 15 is 0 Å². The van der Waals surface area contributed by atoms with Crippen LogP contribution in [-0.2, 0) is 10.0 Å². The van der Waals surface area contributed by atoms with Gasteiger partial charge in [0.25, 0.3) is 15.9 Å². The molecule has 32 heavy (non-hydrogen) atoms. The van der Waals surface area contributed by atoms with Gasteiger partial charge in [0.1, 0.15) is 13.2 Å². The normalized spacial score (nSPS) is 13.0. The summed E-state index contributed by atoms with van der Waals surface area (Å²) < 4.78 is 39.4. The second-order valence-corrected chi connectivity index (χ2v) is 9.65. The van der Waals surface area contributed by atoms with E-state index in [1.807, 2.05) is 6.07 Å². The van der Waals surface area contributed by atoms with Crippen LogP contribution in [0.25, 0.3) is 10.2 Å². The highest BCUT2D eigenvalue weighted by molar-refractivity contribution is 7.92. The maximum absolute atomic E-state index is 12.6. The lowest BCUT2D eigenvalue weighted by Crippen LogP contribution is -2.15. The zero-order chi connectivity index (χ0) is 22.1. The van der Waals surface area contributed by atoms with Crippen LogP contribution in [-0.4, -0.2) is 32.5 Å². The molecule has 0 aliphatic carbocycles. The van der Waals surface area contributed by atoms with E-state index in [9.17, 15) is 13.2 Å². The van der Waals surface area contributed by atoms with Crippen LogP contribution in [0.2, 0.25) is 0 Å². The van der Waals surface area contributed by atoms with Crippen molar-refractivity contribution in [3.63, 3.8) is 0 Å². The first kappa shape index (κ1) is 20.3. The largest absolute Gasteiger partial charge is 0.486 e. The number of ether oxygens (including phenoxy) is 2. The first-order valence-electron chi connectivity index (χ1n) is 9.67. The number of hydrogen-bond acceptors (Lipinski definition) is 7. The van der Waals surface area contributed by atoms with Gasteiger partial charge < -0.3 is 9.47 Å². The number of nitrogens with one attached hydrogen (secondary N) is 2. The quantitative estimate of drug-likeness (QED) is 0.457. The molecule has 0 saturated carbocycles. The summed E-state index contributed by atoms with van der Waals surface area (Å²) in [5, 5.41) is 3.23. The van der Waals surface area contributed by atoms with E-state index in [4.69, 9.17) is 9.47 Å². The Balaban J connectivity index is 1.30. The van der Waals surface area contributed by atoms with Gasteiger partial charge in [-0.15, -0.1) is 0 Å². The first-order chi connectivity index (χ1) is 15.5. The third kappa shape index (κ3) is 4.10. The molecule has 8 nitrogen and oxygen atoms in total. The van der Waals surface area contributed by atoms with Crippen molar-refractivity contribution in [1.29, 1.82) is 0 Å². The molecule has 0 spiro atoms. The van der Waals surface area contributed by atoms with E-state index in [-0.39, 0.29) is 10.8 Å². The lowest BCUT2D eigenvalue weighted by Gasteiger charge is -2.17. The minimum absolute atomic E-state index is 0.162. The predicted octanol–water partition coefficient (Wildman–Crippen LogP) is 4.12. The Bertz CT molecular complexity index is 1360. The molecule has 10 heteroatoms. The van der Waals surface area contributed by atoms with E-state index in [2.05, 4.69) is 15.0 Å². The SMILES string of the molecule is O=C(Nc1nc2cc3c(cc2s1)OCCO3)c1ccc(NS(=O)(=O)c2ccccc2)cc1. The molecule has 5 rings (SSSR count). The Labute approximate surface area is 187 Å². The highest BCUT2D eigenvalue weighted by Crippen LogP contribution is 2.37. The number of benzene rings is 3. The minimum atomic E-state index is -3.70. The van der Waals surface area contributed by atoms with E-state index in [1.54, 1.807) is 36.4 Å². The highest BCUT2D eigenvalue weighted by atomic mass is 32.2. The smallest absolute Gasteiger partial charge is 0.261 e. The molecule has 2 heterocycles. The van der Waals surface area contributed by atoms with Crippen molar-refractivity contribution in [2.24, 2.45) is 0 Å². The molecule has 2 N–H and O–H groups in total. The molecular weight excluding hydrogens is 450 g/mol. The van der Waals surface area contributed by atoms with Gasteiger partial charge in [0, 0.05) is 23.4 Å². The summed E-state index contributed by atoms with van der Waals surface area (Å²) in [5.41, 5.74) is 1.44. The molecule has 4 aromatic rings. The molecule has 0 fully saturated rings. The van der Waals surface area contributed by atoms with Crippen LogP contribution in [0.4, 0.5) is 10.8 Å². The zero-order valence-electron chi connectivity index (χ0n) is 16.6. The van der Waals surface area contributed by atoms with Crippen molar-refractivity contribution < 1.29 is 22.7 Å². The van der Waals surface area contributed by atoms with Crippen LogP contribution < -0.4 is 19.5 Å². The van der Waals surface area contributed by atoms with Crippen LogP contribution in [0, 0.1) is 0 Å². The van der Waals surface area contributed by atoms with Gasteiger partial charge in [-0.1, -0.05) is 29.5 Å². The lowest BCUT2D eigenvalue weighted by atomic mass is 10.2. The fourth-order valence-corrected chi connectivity index (χ4v) is 5.14. The monoisotopic (exact) mass is 467 g/mol. The van der Waals surface area contributed by atoms with Crippen LogP contribution >= 0.6 is 11.3 Å². The highest BCUT2D eigenvalue weighted by Gasteiger charge is 2.17. The average Bonchev–Trinajstić information content (AvgIpc) is 3.19. The second-order valence-electron chi connectivity index (χ2n) is 6.93. The van der Waals surface area contributed by atoms with E-state index < -0.39 is 10.0 Å². The molecule has 162 valence electrons. The molecule has 1 aliphatic heterocycles. The summed E-state index contributed by atoms with van der Waals surface area (Å²) in [5.74, 6) is 0.957. The standard InChI is InChI=1S/C22H17N3O5S2/c26-21(24-22-23-17-12-18-19(13-20(17)31-22)30-11-10-29-18)14-6-8-15(9-7-14)25-32(27,28)16-4-2-1-3-5-16/h1-9,12-13,25H,10-11H2,(H,23,24,26). The number of hydrogen-bond donors (Lipinski definition) is 2. The minimum Gasteiger partial charge on any atom is -0.486 e. The number of carbonyl (C=O) groups is 1. The number of thiazole rings is 1. The van der Waals surface area contributed by atoms with E-state index in [0.717, 1.165) is 4.70 Å². The van der Waals surface area contributed by atoms with Gasteiger partial charge >= 0.3 is 0 Å². The molecule has 0 radical (unpaired) electrons. The predicted molar refractivity (Wildman–Crippen MR) is 122 cm³/mol. The van der Waals surface area contributed by atoms with Gasteiger partial charge in [-0.2, -0.15) is 0 Å². The lowest BCUT2D eigenvalue weighted by molar-refractivity contribution is 0.102. The number of carbonyl (C=O) groups excluding carboxylic acids is 1.